The Labute approximate surface area is 177 Å². The molecule has 0 heterocycles. The Kier molecular flexibility index (Phi) is 9.08. The fraction of sp³-hybridized carbons (Fsp3) is 0.250. The van der Waals surface area contributed by atoms with E-state index in [-0.39, 0.29) is 50.0 Å². The highest BCUT2D eigenvalue weighted by atomic mass is 16.5. The summed E-state index contributed by atoms with van der Waals surface area (Å²) in [5, 5.41) is 15.4. The van der Waals surface area contributed by atoms with Crippen LogP contribution in [-0.2, 0) is 14.3 Å². The summed E-state index contributed by atoms with van der Waals surface area (Å²) < 4.78 is 15.3. The third-order valence-electron chi connectivity index (χ3n) is 3.80. The minimum atomic E-state index is -1.05. The monoisotopic (exact) mass is 431 g/mol. The van der Waals surface area contributed by atoms with Crippen LogP contribution in [0.4, 0.5) is 5.69 Å². The average molecular weight is 431 g/mol. The number of carbonyl (C=O) groups excluding carboxylic acids is 3. The molecular formula is C20H21N3O8. The van der Waals surface area contributed by atoms with Crippen LogP contribution in [0.1, 0.15) is 20.7 Å². The number of esters is 1. The molecule has 2 amide bonds. The van der Waals surface area contributed by atoms with Crippen molar-refractivity contribution in [3.05, 3.63) is 58.5 Å². The van der Waals surface area contributed by atoms with E-state index in [0.29, 0.717) is 0 Å². The molecule has 2 aromatic carbocycles. The zero-order chi connectivity index (χ0) is 22.6. The second-order valence-corrected chi connectivity index (χ2v) is 6.02. The highest BCUT2D eigenvalue weighted by molar-refractivity contribution is 6.04. The number of hydrogen-bond donors (Lipinski definition) is 3. The van der Waals surface area contributed by atoms with E-state index in [0.717, 1.165) is 0 Å². The van der Waals surface area contributed by atoms with Crippen molar-refractivity contribution < 1.29 is 33.7 Å². The van der Waals surface area contributed by atoms with Crippen molar-refractivity contribution in [3.8, 4) is 11.5 Å². The van der Waals surface area contributed by atoms with Crippen LogP contribution < -0.4 is 15.8 Å². The van der Waals surface area contributed by atoms with Crippen LogP contribution in [0.3, 0.4) is 0 Å². The van der Waals surface area contributed by atoms with E-state index < -0.39 is 29.1 Å². The molecule has 2 rings (SSSR count). The summed E-state index contributed by atoms with van der Waals surface area (Å²) in [5.41, 5.74) is 4.97. The van der Waals surface area contributed by atoms with Gasteiger partial charge in [-0.05, 0) is 24.3 Å². The second kappa shape index (κ2) is 12.0. The van der Waals surface area contributed by atoms with Gasteiger partial charge in [0.2, 0.25) is 5.91 Å². The lowest BCUT2D eigenvalue weighted by molar-refractivity contribution is -0.121. The molecule has 0 aliphatic heterocycles. The smallest absolute Gasteiger partial charge is 0.343 e. The molecule has 4 N–H and O–H groups in total. The van der Waals surface area contributed by atoms with Crippen molar-refractivity contribution >= 4 is 23.5 Å². The van der Waals surface area contributed by atoms with Crippen molar-refractivity contribution in [1.29, 1.82) is 0 Å². The van der Waals surface area contributed by atoms with Gasteiger partial charge in [0, 0.05) is 0 Å². The number of amides is 2. The summed E-state index contributed by atoms with van der Waals surface area (Å²) in [7, 11) is 0. The molecule has 0 bridgehead atoms. The second-order valence-electron chi connectivity index (χ2n) is 6.02. The van der Waals surface area contributed by atoms with Crippen LogP contribution in [-0.4, -0.2) is 55.9 Å². The highest BCUT2D eigenvalue weighted by Crippen LogP contribution is 2.35. The van der Waals surface area contributed by atoms with E-state index in [1.165, 1.54) is 24.3 Å². The Morgan fingerprint density at radius 2 is 1.71 bits per heavy atom. The van der Waals surface area contributed by atoms with Gasteiger partial charge in [0.15, 0.2) is 5.75 Å². The van der Waals surface area contributed by atoms with Crippen LogP contribution in [0.5, 0.6) is 11.5 Å². The number of hydrogen-bond acceptors (Lipinski definition) is 9. The predicted molar refractivity (Wildman–Crippen MR) is 109 cm³/mol. The molecule has 0 saturated heterocycles. The molecule has 0 radical (unpaired) electrons. The van der Waals surface area contributed by atoms with Crippen molar-refractivity contribution in [1.82, 2.24) is 0 Å². The molecule has 11 heteroatoms. The first-order chi connectivity index (χ1) is 14.9. The lowest BCUT2D eigenvalue weighted by Crippen LogP contribution is -2.21. The molecule has 31 heavy (non-hydrogen) atoms. The lowest BCUT2D eigenvalue weighted by Gasteiger charge is -2.14. The van der Waals surface area contributed by atoms with E-state index in [1.54, 1.807) is 18.2 Å². The molecule has 0 atom stereocenters. The number of nitrogens with zero attached hydrogens (tertiary/aromatic N) is 1. The number of benzene rings is 2. The van der Waals surface area contributed by atoms with Gasteiger partial charge in [-0.2, -0.15) is 4.91 Å². The quantitative estimate of drug-likeness (QED) is 0.149. The van der Waals surface area contributed by atoms with Crippen molar-refractivity contribution in [2.75, 3.05) is 38.3 Å². The van der Waals surface area contributed by atoms with E-state index in [4.69, 9.17) is 19.9 Å². The fourth-order valence-corrected chi connectivity index (χ4v) is 2.40. The molecule has 0 aliphatic carbocycles. The zero-order valence-corrected chi connectivity index (χ0v) is 16.4. The summed E-state index contributed by atoms with van der Waals surface area (Å²) in [6, 6.07) is 10.5. The Morgan fingerprint density at radius 1 is 1.00 bits per heavy atom. The van der Waals surface area contributed by atoms with Crippen LogP contribution in [0.15, 0.2) is 47.6 Å². The molecule has 0 unspecified atom stereocenters. The molecule has 0 fully saturated rings. The molecule has 0 aliphatic rings. The number of nitrogens with one attached hydrogen (secondary N) is 1. The Balaban J connectivity index is 2.00. The molecule has 2 aromatic rings. The normalized spacial score (nSPS) is 10.3. The number of anilines is 1. The number of primary amides is 1. The molecule has 0 saturated carbocycles. The number of ether oxygens (including phenoxy) is 3. The summed E-state index contributed by atoms with van der Waals surface area (Å²) in [6.45, 7) is 0.0918. The molecule has 0 spiro atoms. The van der Waals surface area contributed by atoms with Gasteiger partial charge in [-0.1, -0.05) is 23.4 Å². The summed E-state index contributed by atoms with van der Waals surface area (Å²) >= 11 is 0. The zero-order valence-electron chi connectivity index (χ0n) is 16.4. The maximum absolute atomic E-state index is 12.2. The number of aromatic hydroxyl groups is 1. The van der Waals surface area contributed by atoms with Gasteiger partial charge in [-0.15, -0.1) is 0 Å². The van der Waals surface area contributed by atoms with Crippen LogP contribution in [0, 0.1) is 4.91 Å². The number of phenols is 1. The molecular weight excluding hydrogens is 410 g/mol. The first-order valence-electron chi connectivity index (χ1n) is 9.11. The number of nitroso groups, excluding NO2 is 1. The third-order valence-corrected chi connectivity index (χ3v) is 3.80. The highest BCUT2D eigenvalue weighted by Gasteiger charge is 2.22. The molecule has 11 nitrogen and oxygen atoms in total. The average Bonchev–Trinajstić information content (AvgIpc) is 2.75. The summed E-state index contributed by atoms with van der Waals surface area (Å²) in [5.74, 6) is -3.32. The molecule has 164 valence electrons. The van der Waals surface area contributed by atoms with Crippen molar-refractivity contribution in [2.45, 2.75) is 0 Å². The maximum atomic E-state index is 12.2. The van der Waals surface area contributed by atoms with Crippen molar-refractivity contribution in [2.24, 2.45) is 10.9 Å². The van der Waals surface area contributed by atoms with Crippen molar-refractivity contribution in [3.63, 3.8) is 0 Å². The van der Waals surface area contributed by atoms with Gasteiger partial charge >= 0.3 is 5.97 Å². The third kappa shape index (κ3) is 7.17. The van der Waals surface area contributed by atoms with Gasteiger partial charge in [-0.3, -0.25) is 9.59 Å². The number of rotatable bonds is 12. The fourth-order valence-electron chi connectivity index (χ4n) is 2.40. The van der Waals surface area contributed by atoms with Gasteiger partial charge in [0.05, 0.1) is 31.1 Å². The van der Waals surface area contributed by atoms with Gasteiger partial charge in [-0.25, -0.2) is 4.79 Å². The Hall–Kier alpha value is -3.83. The van der Waals surface area contributed by atoms with Gasteiger partial charge in [0.25, 0.3) is 5.91 Å². The Bertz CT molecular complexity index is 934. The minimum absolute atomic E-state index is 0.0264. The van der Waals surface area contributed by atoms with Gasteiger partial charge in [0.1, 0.15) is 24.5 Å². The first kappa shape index (κ1) is 23.4. The van der Waals surface area contributed by atoms with E-state index >= 15 is 0 Å². The maximum Gasteiger partial charge on any atom is 0.343 e. The first-order valence-corrected chi connectivity index (χ1v) is 9.11. The lowest BCUT2D eigenvalue weighted by atomic mass is 10.1. The summed E-state index contributed by atoms with van der Waals surface area (Å²) in [4.78, 5) is 45.9. The number of carbonyl (C=O) groups is 3. The van der Waals surface area contributed by atoms with Gasteiger partial charge < -0.3 is 30.4 Å². The molecule has 0 aromatic heterocycles. The Morgan fingerprint density at radius 3 is 2.39 bits per heavy atom. The van der Waals surface area contributed by atoms with E-state index in [1.807, 2.05) is 0 Å². The largest absolute Gasteiger partial charge is 0.505 e. The van der Waals surface area contributed by atoms with Crippen LogP contribution in [0.2, 0.25) is 0 Å². The topological polar surface area (TPSA) is 167 Å². The standard InChI is InChI=1S/C20H21N3O8/c21-19(26)17-15(31-20(27)13-4-2-1-3-5-13)7-6-14(18(17)25)23-16(24)12-30-11-10-29-9-8-22-28/h1-7,25H,8-12H2,(H2,21,26)(H,23,24). The van der Waals surface area contributed by atoms with Crippen LogP contribution >= 0.6 is 0 Å². The van der Waals surface area contributed by atoms with E-state index in [2.05, 4.69) is 10.5 Å². The SMILES string of the molecule is NC(=O)c1c(OC(=O)c2ccccc2)ccc(NC(=O)COCCOCCN=O)c1O. The minimum Gasteiger partial charge on any atom is -0.505 e. The predicted octanol–water partition coefficient (Wildman–Crippen LogP) is 1.45. The summed E-state index contributed by atoms with van der Waals surface area (Å²) in [6.07, 6.45) is 0. The number of nitrogens with two attached hydrogens (primary N) is 1. The van der Waals surface area contributed by atoms with E-state index in [9.17, 15) is 24.4 Å². The van der Waals surface area contributed by atoms with Crippen LogP contribution in [0.25, 0.3) is 0 Å².